The van der Waals surface area contributed by atoms with Crippen LogP contribution in [0, 0.1) is 0 Å². The molecule has 0 amide bonds. The van der Waals surface area contributed by atoms with Crippen LogP contribution >= 0.6 is 0 Å². The fraction of sp³-hybridized carbons (Fsp3) is 0.316. The van der Waals surface area contributed by atoms with Crippen molar-refractivity contribution in [2.24, 2.45) is 0 Å². The van der Waals surface area contributed by atoms with Gasteiger partial charge in [0.05, 0.1) is 5.69 Å². The van der Waals surface area contributed by atoms with Crippen molar-refractivity contribution in [3.8, 4) is 11.3 Å². The number of rotatable bonds is 7. The third kappa shape index (κ3) is 3.36. The third-order valence-corrected chi connectivity index (χ3v) is 4.24. The lowest BCUT2D eigenvalue weighted by Gasteiger charge is -2.09. The SMILES string of the molecule is CCCCNCc1ccc2[nH]c(-c3ccnc(N)c3NC)cc2c1. The highest BCUT2D eigenvalue weighted by atomic mass is 14.9. The Kier molecular flexibility index (Phi) is 5.01. The molecule has 0 unspecified atom stereocenters. The van der Waals surface area contributed by atoms with E-state index >= 15 is 0 Å². The number of hydrogen-bond acceptors (Lipinski definition) is 4. The van der Waals surface area contributed by atoms with Gasteiger partial charge < -0.3 is 21.4 Å². The molecule has 5 N–H and O–H groups in total. The van der Waals surface area contributed by atoms with Gasteiger partial charge in [0.2, 0.25) is 0 Å². The van der Waals surface area contributed by atoms with Crippen molar-refractivity contribution in [1.29, 1.82) is 0 Å². The topological polar surface area (TPSA) is 78.8 Å². The number of anilines is 2. The maximum absolute atomic E-state index is 5.97. The maximum atomic E-state index is 5.97. The van der Waals surface area contributed by atoms with Gasteiger partial charge in [0, 0.05) is 41.9 Å². The minimum absolute atomic E-state index is 0.509. The highest BCUT2D eigenvalue weighted by Crippen LogP contribution is 2.32. The second-order valence-corrected chi connectivity index (χ2v) is 6.00. The number of aromatic nitrogens is 2. The van der Waals surface area contributed by atoms with E-state index in [-0.39, 0.29) is 0 Å². The highest BCUT2D eigenvalue weighted by Gasteiger charge is 2.11. The van der Waals surface area contributed by atoms with Crippen molar-refractivity contribution in [3.05, 3.63) is 42.1 Å². The number of nitrogen functional groups attached to an aromatic ring is 1. The van der Waals surface area contributed by atoms with Crippen molar-refractivity contribution in [3.63, 3.8) is 0 Å². The number of fused-ring (bicyclic) bond motifs is 1. The van der Waals surface area contributed by atoms with Crippen LogP contribution < -0.4 is 16.4 Å². The van der Waals surface area contributed by atoms with Crippen molar-refractivity contribution >= 4 is 22.4 Å². The van der Waals surface area contributed by atoms with Gasteiger partial charge in [0.1, 0.15) is 5.82 Å². The van der Waals surface area contributed by atoms with Crippen LogP contribution in [0.25, 0.3) is 22.2 Å². The minimum Gasteiger partial charge on any atom is -0.385 e. The number of nitrogens with two attached hydrogens (primary N) is 1. The van der Waals surface area contributed by atoms with E-state index in [4.69, 9.17) is 5.73 Å². The Labute approximate surface area is 142 Å². The molecule has 0 fully saturated rings. The molecule has 5 heteroatoms. The zero-order valence-electron chi connectivity index (χ0n) is 14.3. The monoisotopic (exact) mass is 323 g/mol. The van der Waals surface area contributed by atoms with Gasteiger partial charge in [-0.25, -0.2) is 4.98 Å². The molecule has 2 heterocycles. The van der Waals surface area contributed by atoms with E-state index < -0.39 is 0 Å². The molecule has 1 aromatic carbocycles. The Morgan fingerprint density at radius 1 is 1.21 bits per heavy atom. The Balaban J connectivity index is 1.88. The van der Waals surface area contributed by atoms with E-state index in [0.29, 0.717) is 5.82 Å². The van der Waals surface area contributed by atoms with Gasteiger partial charge in [-0.2, -0.15) is 0 Å². The van der Waals surface area contributed by atoms with Crippen molar-refractivity contribution < 1.29 is 0 Å². The molecule has 0 saturated heterocycles. The van der Waals surface area contributed by atoms with E-state index in [1.165, 1.54) is 23.8 Å². The van der Waals surface area contributed by atoms with Gasteiger partial charge in [-0.15, -0.1) is 0 Å². The van der Waals surface area contributed by atoms with Gasteiger partial charge in [-0.3, -0.25) is 0 Å². The van der Waals surface area contributed by atoms with E-state index in [9.17, 15) is 0 Å². The minimum atomic E-state index is 0.509. The molecule has 5 nitrogen and oxygen atoms in total. The number of nitrogens with zero attached hydrogens (tertiary/aromatic N) is 1. The molecule has 0 bridgehead atoms. The number of benzene rings is 1. The molecule has 126 valence electrons. The number of aromatic amines is 1. The molecule has 24 heavy (non-hydrogen) atoms. The first-order valence-electron chi connectivity index (χ1n) is 8.48. The van der Waals surface area contributed by atoms with Crippen molar-refractivity contribution in [2.75, 3.05) is 24.6 Å². The molecule has 0 aliphatic rings. The highest BCUT2D eigenvalue weighted by molar-refractivity contribution is 5.91. The first-order valence-corrected chi connectivity index (χ1v) is 8.48. The molecule has 2 aromatic heterocycles. The summed E-state index contributed by atoms with van der Waals surface area (Å²) in [5.74, 6) is 0.509. The molecule has 3 aromatic rings. The summed E-state index contributed by atoms with van der Waals surface area (Å²) in [6.07, 6.45) is 4.17. The molecule has 0 saturated carbocycles. The van der Waals surface area contributed by atoms with Crippen LogP contribution in [-0.4, -0.2) is 23.6 Å². The Bertz CT molecular complexity index is 822. The summed E-state index contributed by atoms with van der Waals surface area (Å²) in [7, 11) is 1.86. The average Bonchev–Trinajstić information content (AvgIpc) is 3.01. The second-order valence-electron chi connectivity index (χ2n) is 6.00. The van der Waals surface area contributed by atoms with Gasteiger partial charge in [-0.1, -0.05) is 19.4 Å². The van der Waals surface area contributed by atoms with E-state index in [0.717, 1.165) is 35.6 Å². The first-order chi connectivity index (χ1) is 11.7. The molecule has 0 spiro atoms. The standard InChI is InChI=1S/C19H25N5/c1-3-4-8-22-12-13-5-6-16-14(10-13)11-17(24-16)15-7-9-23-19(20)18(15)21-2/h5-7,9-11,21-22,24H,3-4,8,12H2,1-2H3,(H2,20,23). The van der Waals surface area contributed by atoms with Crippen LogP contribution in [0.5, 0.6) is 0 Å². The van der Waals surface area contributed by atoms with Gasteiger partial charge in [0.15, 0.2) is 0 Å². The van der Waals surface area contributed by atoms with Crippen LogP contribution in [0.3, 0.4) is 0 Å². The van der Waals surface area contributed by atoms with Crippen LogP contribution in [-0.2, 0) is 6.54 Å². The van der Waals surface area contributed by atoms with E-state index in [1.54, 1.807) is 6.20 Å². The van der Waals surface area contributed by atoms with Crippen molar-refractivity contribution in [2.45, 2.75) is 26.3 Å². The zero-order valence-corrected chi connectivity index (χ0v) is 14.3. The largest absolute Gasteiger partial charge is 0.385 e. The summed E-state index contributed by atoms with van der Waals surface area (Å²) >= 11 is 0. The predicted molar refractivity (Wildman–Crippen MR) is 102 cm³/mol. The summed E-state index contributed by atoms with van der Waals surface area (Å²) in [5, 5.41) is 7.83. The maximum Gasteiger partial charge on any atom is 0.147 e. The summed E-state index contributed by atoms with van der Waals surface area (Å²) in [4.78, 5) is 7.62. The van der Waals surface area contributed by atoms with Gasteiger partial charge in [-0.05, 0) is 42.8 Å². The quantitative estimate of drug-likeness (QED) is 0.499. The number of pyridine rings is 1. The number of nitrogens with one attached hydrogen (secondary N) is 3. The number of H-pyrrole nitrogens is 1. The molecule has 3 rings (SSSR count). The Morgan fingerprint density at radius 2 is 2.08 bits per heavy atom. The third-order valence-electron chi connectivity index (χ3n) is 4.24. The molecule has 0 radical (unpaired) electrons. The predicted octanol–water partition coefficient (Wildman–Crippen LogP) is 3.74. The molecular formula is C19H25N5. The van der Waals surface area contributed by atoms with Gasteiger partial charge >= 0.3 is 0 Å². The summed E-state index contributed by atoms with van der Waals surface area (Å²) in [6.45, 7) is 4.18. The van der Waals surface area contributed by atoms with Crippen molar-refractivity contribution in [1.82, 2.24) is 15.3 Å². The molecular weight excluding hydrogens is 298 g/mol. The normalized spacial score (nSPS) is 11.1. The molecule has 0 atom stereocenters. The number of hydrogen-bond donors (Lipinski definition) is 4. The van der Waals surface area contributed by atoms with Crippen LogP contribution in [0.2, 0.25) is 0 Å². The summed E-state index contributed by atoms with van der Waals surface area (Å²) < 4.78 is 0. The summed E-state index contributed by atoms with van der Waals surface area (Å²) in [6, 6.07) is 10.7. The fourth-order valence-electron chi connectivity index (χ4n) is 2.94. The van der Waals surface area contributed by atoms with Gasteiger partial charge in [0.25, 0.3) is 0 Å². The lowest BCUT2D eigenvalue weighted by molar-refractivity contribution is 0.642. The fourth-order valence-corrected chi connectivity index (χ4v) is 2.94. The first kappa shape index (κ1) is 16.3. The Morgan fingerprint density at radius 3 is 2.88 bits per heavy atom. The van der Waals surface area contributed by atoms with Crippen LogP contribution in [0.15, 0.2) is 36.5 Å². The summed E-state index contributed by atoms with van der Waals surface area (Å²) in [5.41, 5.74) is 11.3. The lowest BCUT2D eigenvalue weighted by atomic mass is 10.1. The molecule has 0 aliphatic carbocycles. The van der Waals surface area contributed by atoms with E-state index in [2.05, 4.69) is 51.8 Å². The van der Waals surface area contributed by atoms with E-state index in [1.807, 2.05) is 13.1 Å². The van der Waals surface area contributed by atoms with Crippen LogP contribution in [0.1, 0.15) is 25.3 Å². The lowest BCUT2D eigenvalue weighted by Crippen LogP contribution is -2.14. The zero-order chi connectivity index (χ0) is 16.9. The molecule has 0 aliphatic heterocycles. The second kappa shape index (κ2) is 7.36. The Hall–Kier alpha value is -2.53. The smallest absolute Gasteiger partial charge is 0.147 e. The number of unbranched alkanes of at least 4 members (excludes halogenated alkanes) is 1. The average molecular weight is 323 g/mol. The van der Waals surface area contributed by atoms with Crippen LogP contribution in [0.4, 0.5) is 11.5 Å².